The van der Waals surface area contributed by atoms with Gasteiger partial charge < -0.3 is 15.1 Å². The number of nitrogens with zero attached hydrogens (tertiary/aromatic N) is 5. The Kier molecular flexibility index (Phi) is 5.22. The summed E-state index contributed by atoms with van der Waals surface area (Å²) in [5.74, 6) is 0.548. The van der Waals surface area contributed by atoms with E-state index in [4.69, 9.17) is 28.5 Å². The van der Waals surface area contributed by atoms with Gasteiger partial charge in [-0.1, -0.05) is 23.2 Å². The number of hydrogen-bond donors (Lipinski definition) is 1. The van der Waals surface area contributed by atoms with E-state index in [0.717, 1.165) is 0 Å². The van der Waals surface area contributed by atoms with Crippen LogP contribution in [-0.4, -0.2) is 47.1 Å². The largest absolute Gasteiger partial charge is 0.351 e. The molecule has 3 rings (SSSR count). The zero-order chi connectivity index (χ0) is 17.8. The van der Waals surface area contributed by atoms with Crippen molar-refractivity contribution in [3.05, 3.63) is 46.3 Å². The fourth-order valence-corrected chi connectivity index (χ4v) is 3.12. The molecule has 2 amide bonds. The zero-order valence-corrected chi connectivity index (χ0v) is 14.6. The van der Waals surface area contributed by atoms with Gasteiger partial charge in [-0.3, -0.25) is 0 Å². The Bertz CT molecular complexity index is 809. The molecule has 1 N–H and O–H groups in total. The maximum Gasteiger partial charge on any atom is 0.321 e. The van der Waals surface area contributed by atoms with Crippen molar-refractivity contribution in [1.82, 2.24) is 14.9 Å². The summed E-state index contributed by atoms with van der Waals surface area (Å²) < 4.78 is 0. The number of amides is 2. The number of carbonyl (C=O) groups excluding carboxylic acids is 1. The molecule has 0 radical (unpaired) electrons. The van der Waals surface area contributed by atoms with Crippen LogP contribution in [0.3, 0.4) is 0 Å². The fraction of sp³-hybridized carbons (Fsp3) is 0.250. The summed E-state index contributed by atoms with van der Waals surface area (Å²) in [5.41, 5.74) is 0.833. The van der Waals surface area contributed by atoms with E-state index in [9.17, 15) is 4.79 Å². The van der Waals surface area contributed by atoms with E-state index in [1.165, 1.54) is 6.20 Å². The molecular formula is C16H14Cl2N6O. The summed E-state index contributed by atoms with van der Waals surface area (Å²) in [6.07, 6.45) is 3.04. The number of nitriles is 1. The molecule has 0 bridgehead atoms. The lowest BCUT2D eigenvalue weighted by Crippen LogP contribution is -2.50. The Morgan fingerprint density at radius 1 is 1.08 bits per heavy atom. The number of nitrogens with one attached hydrogen (secondary N) is 1. The minimum atomic E-state index is -0.224. The van der Waals surface area contributed by atoms with Gasteiger partial charge in [-0.25, -0.2) is 14.8 Å². The van der Waals surface area contributed by atoms with Crippen LogP contribution in [0.5, 0.6) is 0 Å². The smallest absolute Gasteiger partial charge is 0.321 e. The maximum atomic E-state index is 12.4. The first-order chi connectivity index (χ1) is 12.1. The lowest BCUT2D eigenvalue weighted by atomic mass is 10.3. The van der Waals surface area contributed by atoms with Crippen molar-refractivity contribution in [1.29, 1.82) is 5.26 Å². The van der Waals surface area contributed by atoms with Crippen molar-refractivity contribution >= 4 is 40.7 Å². The van der Waals surface area contributed by atoms with Crippen LogP contribution in [0.4, 0.5) is 16.3 Å². The normalized spacial score (nSPS) is 14.1. The second kappa shape index (κ2) is 7.55. The molecule has 1 aliphatic rings. The molecule has 7 nitrogen and oxygen atoms in total. The van der Waals surface area contributed by atoms with Gasteiger partial charge in [0.25, 0.3) is 0 Å². The van der Waals surface area contributed by atoms with Crippen molar-refractivity contribution in [2.75, 3.05) is 36.4 Å². The Morgan fingerprint density at radius 2 is 1.72 bits per heavy atom. The number of piperazine rings is 1. The molecule has 0 spiro atoms. The summed E-state index contributed by atoms with van der Waals surface area (Å²) in [7, 11) is 0. The predicted octanol–water partition coefficient (Wildman–Crippen LogP) is 3.01. The van der Waals surface area contributed by atoms with Crippen LogP contribution >= 0.6 is 23.2 Å². The molecule has 1 aromatic carbocycles. The summed E-state index contributed by atoms with van der Waals surface area (Å²) in [6, 6.07) is 6.69. The molecule has 25 heavy (non-hydrogen) atoms. The van der Waals surface area contributed by atoms with Gasteiger partial charge in [-0.15, -0.1) is 0 Å². The van der Waals surface area contributed by atoms with E-state index in [0.29, 0.717) is 47.7 Å². The number of anilines is 2. The first-order valence-corrected chi connectivity index (χ1v) is 8.30. The van der Waals surface area contributed by atoms with Crippen LogP contribution in [0.25, 0.3) is 0 Å². The molecule has 128 valence electrons. The molecule has 1 saturated heterocycles. The third-order valence-corrected chi connectivity index (χ3v) is 4.20. The molecule has 9 heteroatoms. The molecule has 1 fully saturated rings. The molecule has 2 heterocycles. The summed E-state index contributed by atoms with van der Waals surface area (Å²) in [6.45, 7) is 2.14. The molecule has 0 saturated carbocycles. The van der Waals surface area contributed by atoms with Crippen LogP contribution in [0.2, 0.25) is 10.0 Å². The van der Waals surface area contributed by atoms with E-state index < -0.39 is 0 Å². The van der Waals surface area contributed by atoms with Crippen LogP contribution < -0.4 is 10.2 Å². The number of aromatic nitrogens is 2. The third kappa shape index (κ3) is 4.10. The van der Waals surface area contributed by atoms with Gasteiger partial charge in [-0.2, -0.15) is 5.26 Å². The summed E-state index contributed by atoms with van der Waals surface area (Å²) in [5, 5.41) is 12.8. The Labute approximate surface area is 154 Å². The van der Waals surface area contributed by atoms with Gasteiger partial charge in [0.15, 0.2) is 11.5 Å². The second-order valence-electron chi connectivity index (χ2n) is 5.40. The lowest BCUT2D eigenvalue weighted by molar-refractivity contribution is 0.208. The third-order valence-electron chi connectivity index (χ3n) is 3.77. The molecule has 0 aliphatic carbocycles. The van der Waals surface area contributed by atoms with Gasteiger partial charge in [0.1, 0.15) is 6.07 Å². The van der Waals surface area contributed by atoms with Crippen LogP contribution in [0, 0.1) is 11.3 Å². The monoisotopic (exact) mass is 376 g/mol. The average Bonchev–Trinajstić information content (AvgIpc) is 2.61. The van der Waals surface area contributed by atoms with Crippen molar-refractivity contribution in [2.24, 2.45) is 0 Å². The van der Waals surface area contributed by atoms with Crippen LogP contribution in [0.1, 0.15) is 5.69 Å². The number of urea groups is 1. The molecule has 1 aliphatic heterocycles. The zero-order valence-electron chi connectivity index (χ0n) is 13.1. The highest BCUT2D eigenvalue weighted by atomic mass is 35.5. The summed E-state index contributed by atoms with van der Waals surface area (Å²) in [4.78, 5) is 24.3. The lowest BCUT2D eigenvalue weighted by Gasteiger charge is -2.35. The van der Waals surface area contributed by atoms with Crippen molar-refractivity contribution in [3.8, 4) is 6.07 Å². The number of hydrogen-bond acceptors (Lipinski definition) is 5. The maximum absolute atomic E-state index is 12.4. The van der Waals surface area contributed by atoms with Crippen LogP contribution in [0.15, 0.2) is 30.6 Å². The molecule has 1 aromatic heterocycles. The SMILES string of the molecule is N#Cc1nccnc1N1CCN(C(=O)Nc2cc(Cl)cc(Cl)c2)CC1. The molecule has 2 aromatic rings. The minimum Gasteiger partial charge on any atom is -0.351 e. The van der Waals surface area contributed by atoms with E-state index in [1.54, 1.807) is 29.3 Å². The highest BCUT2D eigenvalue weighted by molar-refractivity contribution is 6.35. The number of benzene rings is 1. The molecule has 0 atom stereocenters. The second-order valence-corrected chi connectivity index (χ2v) is 6.28. The fourth-order valence-electron chi connectivity index (χ4n) is 2.59. The topological polar surface area (TPSA) is 85.2 Å². The van der Waals surface area contributed by atoms with E-state index in [1.807, 2.05) is 11.0 Å². The Morgan fingerprint density at radius 3 is 2.36 bits per heavy atom. The number of rotatable bonds is 2. The first-order valence-electron chi connectivity index (χ1n) is 7.55. The Hall–Kier alpha value is -2.56. The van der Waals surface area contributed by atoms with Crippen molar-refractivity contribution in [3.63, 3.8) is 0 Å². The van der Waals surface area contributed by atoms with Gasteiger partial charge in [0, 0.05) is 54.3 Å². The van der Waals surface area contributed by atoms with Crippen molar-refractivity contribution < 1.29 is 4.79 Å². The first kappa shape index (κ1) is 17.3. The van der Waals surface area contributed by atoms with Crippen molar-refractivity contribution in [2.45, 2.75) is 0 Å². The number of halogens is 2. The van der Waals surface area contributed by atoms with E-state index >= 15 is 0 Å². The van der Waals surface area contributed by atoms with Gasteiger partial charge >= 0.3 is 6.03 Å². The quantitative estimate of drug-likeness (QED) is 0.870. The highest BCUT2D eigenvalue weighted by Gasteiger charge is 2.23. The van der Waals surface area contributed by atoms with E-state index in [-0.39, 0.29) is 11.7 Å². The van der Waals surface area contributed by atoms with E-state index in [2.05, 4.69) is 15.3 Å². The Balaban J connectivity index is 1.62. The molecular weight excluding hydrogens is 363 g/mol. The predicted molar refractivity (Wildman–Crippen MR) is 96.0 cm³/mol. The number of carbonyl (C=O) groups is 1. The minimum absolute atomic E-state index is 0.224. The highest BCUT2D eigenvalue weighted by Crippen LogP contribution is 2.23. The standard InChI is InChI=1S/C16H14Cl2N6O/c17-11-7-12(18)9-13(8-11)22-16(25)24-5-3-23(4-6-24)15-14(10-19)20-1-2-21-15/h1-2,7-9H,3-6H2,(H,22,25). The molecule has 0 unspecified atom stereocenters. The van der Waals surface area contributed by atoms with Crippen LogP contribution in [-0.2, 0) is 0 Å². The summed E-state index contributed by atoms with van der Waals surface area (Å²) >= 11 is 11.9. The van der Waals surface area contributed by atoms with Gasteiger partial charge in [0.05, 0.1) is 0 Å². The van der Waals surface area contributed by atoms with Gasteiger partial charge in [0.2, 0.25) is 0 Å². The van der Waals surface area contributed by atoms with Gasteiger partial charge in [-0.05, 0) is 18.2 Å². The average molecular weight is 377 g/mol.